The fourth-order valence-corrected chi connectivity index (χ4v) is 2.46. The standard InChI is InChI=1S/C12H27N3/c1-3-6-14-12-8-11(4-2)9-15(10-12)7-5-13/h11-12,14H,3-10,13H2,1-2H3. The summed E-state index contributed by atoms with van der Waals surface area (Å²) in [5, 5.41) is 3.64. The molecule has 0 aliphatic carbocycles. The molecule has 1 rings (SSSR count). The Morgan fingerprint density at radius 2 is 2.13 bits per heavy atom. The molecule has 1 saturated heterocycles. The van der Waals surface area contributed by atoms with Gasteiger partial charge in [0.1, 0.15) is 0 Å². The van der Waals surface area contributed by atoms with E-state index in [4.69, 9.17) is 5.73 Å². The fraction of sp³-hybridized carbons (Fsp3) is 1.00. The highest BCUT2D eigenvalue weighted by Crippen LogP contribution is 2.19. The van der Waals surface area contributed by atoms with Gasteiger partial charge in [-0.05, 0) is 25.3 Å². The minimum Gasteiger partial charge on any atom is -0.329 e. The van der Waals surface area contributed by atoms with Gasteiger partial charge in [-0.3, -0.25) is 0 Å². The lowest BCUT2D eigenvalue weighted by Gasteiger charge is -2.37. The monoisotopic (exact) mass is 213 g/mol. The second kappa shape index (κ2) is 7.20. The van der Waals surface area contributed by atoms with E-state index in [1.807, 2.05) is 0 Å². The molecule has 1 aliphatic rings. The minimum absolute atomic E-state index is 0.690. The van der Waals surface area contributed by atoms with Crippen molar-refractivity contribution in [3.63, 3.8) is 0 Å². The highest BCUT2D eigenvalue weighted by Gasteiger charge is 2.24. The maximum absolute atomic E-state index is 5.63. The minimum atomic E-state index is 0.690. The van der Waals surface area contributed by atoms with Crippen LogP contribution in [0.25, 0.3) is 0 Å². The van der Waals surface area contributed by atoms with Crippen molar-refractivity contribution < 1.29 is 0 Å². The molecule has 0 bridgehead atoms. The SMILES string of the molecule is CCCNC1CC(CC)CN(CCN)C1. The molecule has 1 heterocycles. The van der Waals surface area contributed by atoms with E-state index in [1.54, 1.807) is 0 Å². The summed E-state index contributed by atoms with van der Waals surface area (Å²) in [6, 6.07) is 0.690. The molecule has 0 saturated carbocycles. The Bertz CT molecular complexity index is 161. The van der Waals surface area contributed by atoms with Crippen molar-refractivity contribution in [1.29, 1.82) is 0 Å². The van der Waals surface area contributed by atoms with Crippen LogP contribution in [0.2, 0.25) is 0 Å². The van der Waals surface area contributed by atoms with E-state index in [1.165, 1.54) is 32.4 Å². The van der Waals surface area contributed by atoms with E-state index in [0.717, 1.165) is 25.6 Å². The molecule has 2 atom stereocenters. The summed E-state index contributed by atoms with van der Waals surface area (Å²) in [5.74, 6) is 0.861. The van der Waals surface area contributed by atoms with Crippen molar-refractivity contribution in [2.24, 2.45) is 11.7 Å². The zero-order chi connectivity index (χ0) is 11.1. The quantitative estimate of drug-likeness (QED) is 0.693. The van der Waals surface area contributed by atoms with E-state index in [2.05, 4.69) is 24.1 Å². The molecule has 0 aromatic heterocycles. The largest absolute Gasteiger partial charge is 0.329 e. The van der Waals surface area contributed by atoms with Gasteiger partial charge in [-0.15, -0.1) is 0 Å². The lowest BCUT2D eigenvalue weighted by molar-refractivity contribution is 0.142. The van der Waals surface area contributed by atoms with Crippen LogP contribution in [0.3, 0.4) is 0 Å². The Morgan fingerprint density at radius 1 is 1.33 bits per heavy atom. The number of hydrogen-bond donors (Lipinski definition) is 2. The molecule has 1 fully saturated rings. The smallest absolute Gasteiger partial charge is 0.0198 e. The molecule has 15 heavy (non-hydrogen) atoms. The predicted octanol–water partition coefficient (Wildman–Crippen LogP) is 1.05. The molecule has 90 valence electrons. The first-order valence-corrected chi connectivity index (χ1v) is 6.45. The van der Waals surface area contributed by atoms with Gasteiger partial charge in [-0.25, -0.2) is 0 Å². The number of nitrogens with two attached hydrogens (primary N) is 1. The topological polar surface area (TPSA) is 41.3 Å². The van der Waals surface area contributed by atoms with Gasteiger partial charge >= 0.3 is 0 Å². The lowest BCUT2D eigenvalue weighted by atomic mass is 9.92. The van der Waals surface area contributed by atoms with Crippen LogP contribution in [0.4, 0.5) is 0 Å². The van der Waals surface area contributed by atoms with Gasteiger partial charge in [0.2, 0.25) is 0 Å². The number of rotatable bonds is 6. The zero-order valence-electron chi connectivity index (χ0n) is 10.3. The molecule has 0 aromatic rings. The average molecular weight is 213 g/mol. The fourth-order valence-electron chi connectivity index (χ4n) is 2.46. The van der Waals surface area contributed by atoms with Crippen molar-refractivity contribution in [2.75, 3.05) is 32.7 Å². The van der Waals surface area contributed by atoms with Gasteiger partial charge in [0.15, 0.2) is 0 Å². The molecule has 0 aromatic carbocycles. The Balaban J connectivity index is 2.36. The van der Waals surface area contributed by atoms with Gasteiger partial charge in [0.25, 0.3) is 0 Å². The molecule has 2 unspecified atom stereocenters. The van der Waals surface area contributed by atoms with Crippen molar-refractivity contribution >= 4 is 0 Å². The first kappa shape index (κ1) is 12.9. The highest BCUT2D eigenvalue weighted by atomic mass is 15.2. The maximum atomic E-state index is 5.63. The first-order chi connectivity index (χ1) is 7.30. The van der Waals surface area contributed by atoms with Crippen LogP contribution < -0.4 is 11.1 Å². The van der Waals surface area contributed by atoms with Gasteiger partial charge in [0, 0.05) is 32.2 Å². The van der Waals surface area contributed by atoms with Crippen molar-refractivity contribution in [2.45, 2.75) is 39.2 Å². The molecule has 0 radical (unpaired) electrons. The van der Waals surface area contributed by atoms with Crippen LogP contribution in [0.15, 0.2) is 0 Å². The van der Waals surface area contributed by atoms with Gasteiger partial charge < -0.3 is 16.0 Å². The number of piperidine rings is 1. The van der Waals surface area contributed by atoms with E-state index in [0.29, 0.717) is 6.04 Å². The molecule has 1 aliphatic heterocycles. The van der Waals surface area contributed by atoms with E-state index in [9.17, 15) is 0 Å². The van der Waals surface area contributed by atoms with Crippen LogP contribution in [-0.4, -0.2) is 43.7 Å². The van der Waals surface area contributed by atoms with Crippen LogP contribution in [0, 0.1) is 5.92 Å². The molecule has 0 amide bonds. The third-order valence-electron chi connectivity index (χ3n) is 3.32. The van der Waals surface area contributed by atoms with Crippen molar-refractivity contribution in [1.82, 2.24) is 10.2 Å². The first-order valence-electron chi connectivity index (χ1n) is 6.45. The second-order valence-electron chi connectivity index (χ2n) is 4.71. The summed E-state index contributed by atoms with van der Waals surface area (Å²) < 4.78 is 0. The van der Waals surface area contributed by atoms with Crippen molar-refractivity contribution in [3.05, 3.63) is 0 Å². The Morgan fingerprint density at radius 3 is 2.73 bits per heavy atom. The van der Waals surface area contributed by atoms with Gasteiger partial charge in [-0.1, -0.05) is 20.3 Å². The lowest BCUT2D eigenvalue weighted by Crippen LogP contribution is -2.50. The molecule has 0 spiro atoms. The predicted molar refractivity (Wildman–Crippen MR) is 66.0 cm³/mol. The number of hydrogen-bond acceptors (Lipinski definition) is 3. The molecular weight excluding hydrogens is 186 g/mol. The van der Waals surface area contributed by atoms with Crippen LogP contribution >= 0.6 is 0 Å². The summed E-state index contributed by atoms with van der Waals surface area (Å²) in [7, 11) is 0. The summed E-state index contributed by atoms with van der Waals surface area (Å²) in [5.41, 5.74) is 5.63. The average Bonchev–Trinajstić information content (AvgIpc) is 2.26. The number of nitrogens with one attached hydrogen (secondary N) is 1. The van der Waals surface area contributed by atoms with E-state index >= 15 is 0 Å². The van der Waals surface area contributed by atoms with Crippen LogP contribution in [0.5, 0.6) is 0 Å². The zero-order valence-corrected chi connectivity index (χ0v) is 10.3. The van der Waals surface area contributed by atoms with Crippen LogP contribution in [-0.2, 0) is 0 Å². The van der Waals surface area contributed by atoms with Gasteiger partial charge in [-0.2, -0.15) is 0 Å². The summed E-state index contributed by atoms with van der Waals surface area (Å²) in [6.07, 6.45) is 3.87. The van der Waals surface area contributed by atoms with E-state index < -0.39 is 0 Å². The second-order valence-corrected chi connectivity index (χ2v) is 4.71. The maximum Gasteiger partial charge on any atom is 0.0198 e. The highest BCUT2D eigenvalue weighted by molar-refractivity contribution is 4.82. The number of likely N-dealkylation sites (tertiary alicyclic amines) is 1. The van der Waals surface area contributed by atoms with Crippen LogP contribution in [0.1, 0.15) is 33.1 Å². The normalized spacial score (nSPS) is 28.2. The third kappa shape index (κ3) is 4.49. The number of nitrogens with zero attached hydrogens (tertiary/aromatic N) is 1. The van der Waals surface area contributed by atoms with E-state index in [-0.39, 0.29) is 0 Å². The van der Waals surface area contributed by atoms with Crippen molar-refractivity contribution in [3.8, 4) is 0 Å². The Labute approximate surface area is 94.4 Å². The summed E-state index contributed by atoms with van der Waals surface area (Å²) in [4.78, 5) is 2.52. The molecule has 3 N–H and O–H groups in total. The third-order valence-corrected chi connectivity index (χ3v) is 3.32. The van der Waals surface area contributed by atoms with Gasteiger partial charge in [0.05, 0.1) is 0 Å². The Kier molecular flexibility index (Phi) is 6.22. The molecule has 3 heteroatoms. The Hall–Kier alpha value is -0.120. The summed E-state index contributed by atoms with van der Waals surface area (Å²) >= 11 is 0. The molecular formula is C12H27N3. The molecule has 3 nitrogen and oxygen atoms in total. The summed E-state index contributed by atoms with van der Waals surface area (Å²) in [6.45, 7) is 9.96.